The van der Waals surface area contributed by atoms with Crippen LogP contribution in [0.1, 0.15) is 0 Å². The average molecular weight is 327 g/mol. The number of benzene rings is 1. The van der Waals surface area contributed by atoms with E-state index in [-0.39, 0.29) is 5.56 Å². The first kappa shape index (κ1) is 13.4. The van der Waals surface area contributed by atoms with Crippen molar-refractivity contribution in [2.45, 2.75) is 10.9 Å². The summed E-state index contributed by atoms with van der Waals surface area (Å²) in [5, 5.41) is 11.5. The quantitative estimate of drug-likeness (QED) is 0.425. The Kier molecular flexibility index (Phi) is 3.32. The largest absolute Gasteiger partial charge is 0.278 e. The van der Waals surface area contributed by atoms with Gasteiger partial charge in [-0.15, -0.1) is 16.4 Å². The first-order valence-corrected chi connectivity index (χ1v) is 8.33. The second kappa shape index (κ2) is 5.47. The molecule has 0 saturated carbocycles. The van der Waals surface area contributed by atoms with Crippen LogP contribution in [0.2, 0.25) is 0 Å². The van der Waals surface area contributed by atoms with Crippen LogP contribution < -0.4 is 5.56 Å². The van der Waals surface area contributed by atoms with Crippen molar-refractivity contribution in [2.75, 3.05) is 0 Å². The molecule has 3 heterocycles. The normalized spacial score (nSPS) is 11.3. The summed E-state index contributed by atoms with van der Waals surface area (Å²) in [7, 11) is 0. The van der Waals surface area contributed by atoms with E-state index in [4.69, 9.17) is 0 Å². The van der Waals surface area contributed by atoms with Gasteiger partial charge in [-0.3, -0.25) is 4.79 Å². The van der Waals surface area contributed by atoms with E-state index in [0.717, 1.165) is 15.2 Å². The Bertz CT molecular complexity index is 1030. The summed E-state index contributed by atoms with van der Waals surface area (Å²) in [4.78, 5) is 20.9. The summed E-state index contributed by atoms with van der Waals surface area (Å²) in [5.74, 6) is 0.362. The maximum absolute atomic E-state index is 12.4. The molecule has 0 atom stereocenters. The molecule has 1 aromatic carbocycles. The van der Waals surface area contributed by atoms with Gasteiger partial charge in [-0.2, -0.15) is 4.68 Å². The second-order valence-electron chi connectivity index (χ2n) is 4.50. The highest BCUT2D eigenvalue weighted by Gasteiger charge is 2.09. The van der Waals surface area contributed by atoms with Gasteiger partial charge in [0, 0.05) is 0 Å². The van der Waals surface area contributed by atoms with Crippen molar-refractivity contribution in [3.8, 4) is 0 Å². The fraction of sp³-hybridized carbons (Fsp3) is 0.0714. The molecule has 22 heavy (non-hydrogen) atoms. The summed E-state index contributed by atoms with van der Waals surface area (Å²) in [6.45, 7) is 0. The van der Waals surface area contributed by atoms with Crippen molar-refractivity contribution >= 4 is 44.2 Å². The molecule has 0 aliphatic rings. The Morgan fingerprint density at radius 2 is 2.05 bits per heavy atom. The summed E-state index contributed by atoms with van der Waals surface area (Å²) in [6.07, 6.45) is 1.53. The third-order valence-electron chi connectivity index (χ3n) is 3.16. The monoisotopic (exact) mass is 327 g/mol. The van der Waals surface area contributed by atoms with Gasteiger partial charge in [0.15, 0.2) is 0 Å². The second-order valence-corrected chi connectivity index (χ2v) is 6.35. The highest BCUT2D eigenvalue weighted by atomic mass is 32.2. The smallest absolute Gasteiger partial charge is 0.267 e. The van der Waals surface area contributed by atoms with Gasteiger partial charge in [0.05, 0.1) is 21.5 Å². The number of thiophene rings is 1. The minimum Gasteiger partial charge on any atom is -0.267 e. The van der Waals surface area contributed by atoms with E-state index in [1.165, 1.54) is 22.8 Å². The number of nitrogens with zero attached hydrogens (tertiary/aromatic N) is 5. The summed E-state index contributed by atoms with van der Waals surface area (Å²) in [5.41, 5.74) is 1.38. The van der Waals surface area contributed by atoms with Gasteiger partial charge in [0.1, 0.15) is 16.9 Å². The van der Waals surface area contributed by atoms with E-state index in [1.807, 2.05) is 23.6 Å². The Hall–Kier alpha value is -2.32. The molecule has 6 nitrogen and oxygen atoms in total. The number of rotatable bonds is 3. The van der Waals surface area contributed by atoms with Gasteiger partial charge < -0.3 is 0 Å². The molecule has 0 spiro atoms. The standard InChI is InChI=1S/C14H9N5OS2/c20-14-9-3-1-2-4-10(9)17-18-19(14)8-22-13-12-11(5-6-21-12)15-7-16-13/h1-7H,8H2. The molecule has 0 radical (unpaired) electrons. The minimum atomic E-state index is -0.144. The third kappa shape index (κ3) is 2.26. The number of thioether (sulfide) groups is 1. The third-order valence-corrected chi connectivity index (χ3v) is 5.16. The first-order valence-electron chi connectivity index (χ1n) is 6.46. The van der Waals surface area contributed by atoms with E-state index >= 15 is 0 Å². The SMILES string of the molecule is O=c1c2ccccc2nnn1CSc1ncnc2ccsc12. The number of fused-ring (bicyclic) bond motifs is 2. The van der Waals surface area contributed by atoms with Gasteiger partial charge in [0.2, 0.25) is 0 Å². The fourth-order valence-electron chi connectivity index (χ4n) is 2.10. The summed E-state index contributed by atoms with van der Waals surface area (Å²) in [6, 6.07) is 9.15. The van der Waals surface area contributed by atoms with Crippen LogP contribution in [0.5, 0.6) is 0 Å². The summed E-state index contributed by atoms with van der Waals surface area (Å²) < 4.78 is 2.38. The minimum absolute atomic E-state index is 0.144. The van der Waals surface area contributed by atoms with Crippen LogP contribution in [-0.4, -0.2) is 25.0 Å². The molecule has 0 bridgehead atoms. The maximum atomic E-state index is 12.4. The van der Waals surface area contributed by atoms with Gasteiger partial charge in [-0.05, 0) is 23.6 Å². The van der Waals surface area contributed by atoms with Gasteiger partial charge >= 0.3 is 0 Å². The lowest BCUT2D eigenvalue weighted by atomic mass is 10.2. The Morgan fingerprint density at radius 3 is 3.00 bits per heavy atom. The molecule has 8 heteroatoms. The molecule has 0 amide bonds. The van der Waals surface area contributed by atoms with E-state index in [2.05, 4.69) is 20.3 Å². The Morgan fingerprint density at radius 1 is 1.14 bits per heavy atom. The van der Waals surface area contributed by atoms with Crippen LogP contribution in [0.25, 0.3) is 21.1 Å². The topological polar surface area (TPSA) is 73.6 Å². The predicted octanol–water partition coefficient (Wildman–Crippen LogP) is 2.55. The van der Waals surface area contributed by atoms with Crippen molar-refractivity contribution in [1.29, 1.82) is 0 Å². The molecule has 108 valence electrons. The fourth-order valence-corrected chi connectivity index (χ4v) is 3.92. The van der Waals surface area contributed by atoms with Crippen molar-refractivity contribution in [3.05, 3.63) is 52.4 Å². The van der Waals surface area contributed by atoms with Crippen LogP contribution in [0.3, 0.4) is 0 Å². The van der Waals surface area contributed by atoms with Crippen molar-refractivity contribution in [1.82, 2.24) is 25.0 Å². The molecule has 0 aliphatic heterocycles. The van der Waals surface area contributed by atoms with Crippen molar-refractivity contribution in [2.24, 2.45) is 0 Å². The molecule has 3 aromatic heterocycles. The average Bonchev–Trinajstić information content (AvgIpc) is 3.04. The highest BCUT2D eigenvalue weighted by Crippen LogP contribution is 2.29. The van der Waals surface area contributed by atoms with Crippen LogP contribution in [0.15, 0.2) is 51.9 Å². The van der Waals surface area contributed by atoms with E-state index in [1.54, 1.807) is 23.5 Å². The molecule has 0 saturated heterocycles. The molecule has 4 rings (SSSR count). The van der Waals surface area contributed by atoms with Crippen molar-refractivity contribution in [3.63, 3.8) is 0 Å². The predicted molar refractivity (Wildman–Crippen MR) is 87.1 cm³/mol. The molecule has 0 aliphatic carbocycles. The lowest BCUT2D eigenvalue weighted by Crippen LogP contribution is -2.23. The molecular weight excluding hydrogens is 318 g/mol. The molecular formula is C14H9N5OS2. The van der Waals surface area contributed by atoms with Gasteiger partial charge in [-0.25, -0.2) is 9.97 Å². The van der Waals surface area contributed by atoms with Crippen molar-refractivity contribution < 1.29 is 0 Å². The highest BCUT2D eigenvalue weighted by molar-refractivity contribution is 7.98. The van der Waals surface area contributed by atoms with Crippen LogP contribution in [0.4, 0.5) is 0 Å². The number of aromatic nitrogens is 5. The summed E-state index contributed by atoms with van der Waals surface area (Å²) >= 11 is 3.04. The molecule has 0 N–H and O–H groups in total. The van der Waals surface area contributed by atoms with Crippen LogP contribution >= 0.6 is 23.1 Å². The number of hydrogen-bond acceptors (Lipinski definition) is 7. The lowest BCUT2D eigenvalue weighted by Gasteiger charge is -2.04. The van der Waals surface area contributed by atoms with Crippen LogP contribution in [0, 0.1) is 0 Å². The molecule has 0 unspecified atom stereocenters. The van der Waals surface area contributed by atoms with E-state index in [9.17, 15) is 4.79 Å². The Labute approximate surface area is 132 Å². The molecule has 0 fully saturated rings. The molecule has 4 aromatic rings. The van der Waals surface area contributed by atoms with E-state index < -0.39 is 0 Å². The zero-order valence-electron chi connectivity index (χ0n) is 11.2. The number of hydrogen-bond donors (Lipinski definition) is 0. The zero-order chi connectivity index (χ0) is 14.9. The van der Waals surface area contributed by atoms with E-state index in [0.29, 0.717) is 16.8 Å². The van der Waals surface area contributed by atoms with Gasteiger partial charge in [0.25, 0.3) is 5.56 Å². The van der Waals surface area contributed by atoms with Gasteiger partial charge in [-0.1, -0.05) is 29.1 Å². The maximum Gasteiger partial charge on any atom is 0.278 e. The lowest BCUT2D eigenvalue weighted by molar-refractivity contribution is 0.644. The first-order chi connectivity index (χ1) is 10.8. The van der Waals surface area contributed by atoms with Crippen LogP contribution in [-0.2, 0) is 5.88 Å². The Balaban J connectivity index is 1.68. The zero-order valence-corrected chi connectivity index (χ0v) is 12.8.